The summed E-state index contributed by atoms with van der Waals surface area (Å²) in [5.74, 6) is -5.48. The maximum Gasteiger partial charge on any atom is 0.346 e. The average molecular weight is 1730 g/mol. The lowest BCUT2D eigenvalue weighted by Crippen LogP contribution is -2.28. The maximum absolute atomic E-state index is 11.2. The van der Waals surface area contributed by atoms with E-state index in [4.69, 9.17) is 112 Å². The summed E-state index contributed by atoms with van der Waals surface area (Å²) >= 11 is 33.0. The highest BCUT2D eigenvalue weighted by Gasteiger charge is 2.19. The minimum atomic E-state index is -1.35. The van der Waals surface area contributed by atoms with Crippen LogP contribution in [0.1, 0.15) is 62.1 Å². The monoisotopic (exact) mass is 1730 g/mol. The van der Waals surface area contributed by atoms with Crippen molar-refractivity contribution in [2.24, 2.45) is 0 Å². The molecule has 2 aromatic heterocycles. The number of phenols is 12. The number of furan rings is 2. The van der Waals surface area contributed by atoms with E-state index < -0.39 is 128 Å². The number of carboxylic acid groups (broad SMARTS) is 6. The SMILES string of the molecule is COc1cc(C(=O)O)cc(OC)c1O.O=C(O)c1c(O)cccc1O.O=C(O)c1cc(O)c(O)c(O)c1.O=C(O)c1ccc(O)c(O)c1.O=C(O)c1ccc(O)cc1O.O=C(O)c1cccc(O)c1O.O=c1oc(=O)c2cc3c(=O)oc(=O)c3cc12.OC(CS)C(O)CS.OCC(S)CS.SCCS.SCCSCCS. The van der Waals surface area contributed by atoms with Gasteiger partial charge in [0.2, 0.25) is 5.75 Å². The fourth-order valence-corrected chi connectivity index (χ4v) is 8.59. The van der Waals surface area contributed by atoms with Crippen molar-refractivity contribution in [3.8, 4) is 80.5 Å². The molecule has 44 heteroatoms. The number of fused-ring (bicyclic) bond motifs is 2. The van der Waals surface area contributed by atoms with E-state index in [1.54, 1.807) is 0 Å². The molecule has 35 nitrogen and oxygen atoms in total. The van der Waals surface area contributed by atoms with Crippen molar-refractivity contribution in [3.63, 3.8) is 0 Å². The summed E-state index contributed by atoms with van der Waals surface area (Å²) in [6, 6.07) is 20.6. The lowest BCUT2D eigenvalue weighted by molar-refractivity contribution is 0.0504. The van der Waals surface area contributed by atoms with Gasteiger partial charge in [-0.25, -0.2) is 47.9 Å². The Kier molecular flexibility index (Phi) is 50.5. The topological polar surface area (TPSA) is 640 Å². The molecule has 0 radical (unpaired) electrons. The first-order valence-electron chi connectivity index (χ1n) is 29.9. The van der Waals surface area contributed by atoms with Gasteiger partial charge in [-0.3, -0.25) is 0 Å². The third kappa shape index (κ3) is 37.0. The van der Waals surface area contributed by atoms with Gasteiger partial charge >= 0.3 is 58.3 Å². The van der Waals surface area contributed by atoms with Crippen LogP contribution < -0.4 is 32.0 Å². The number of benzene rings is 7. The van der Waals surface area contributed by atoms with Crippen LogP contribution in [-0.4, -0.2) is 233 Å². The Labute approximate surface area is 674 Å². The van der Waals surface area contributed by atoms with Crippen molar-refractivity contribution in [1.29, 1.82) is 0 Å². The first kappa shape index (κ1) is 103. The second-order valence-electron chi connectivity index (χ2n) is 20.0. The largest absolute Gasteiger partial charge is 0.508 e. The number of aromatic hydroxyl groups is 12. The van der Waals surface area contributed by atoms with Gasteiger partial charge < -0.3 is 126 Å². The molecule has 608 valence electrons. The fraction of sp³-hybridized carbons (Fsp3) is 0.224. The molecule has 0 saturated heterocycles. The third-order valence-electron chi connectivity index (χ3n) is 12.2. The standard InChI is InChI=1S/C10H2O6.C9H10O5.C7H6O5.4C7H6O4.C4H10O2S2.C4H10S3.C3H8OS2.C2H6S2/c11-7-3-1-4-6(10(14)16-8(4)12)2-5(3)9(13)15-7;1-13-6-3-5(9(11)12)4-7(14-2)8(6)10;8-4-1-3(7(11)12)2-5(9)6(4)10;8-4-1-2-5(7(10)11)6(9)3-4;8-5-2-1-4(7(10)11)3-6(5)9;8-4-2-1-3-5(9)6(4)7(10)11;8-5-3-1-2-4(6(5)9)7(10)11;5-3(1-7)4(6)2-8;5-1-3-7-4-2-6;4-1-3(6)2-5;3-1-2-4/h1-2H;3-4,10H,1-2H3,(H,11,12);1-2,8-10H,(H,11,12);4*1-3,8-9H,(H,10,11);3-8H,1-2H2;5-6H,1-4H2;3-6H,1-2H2;3-4H,1-2H2. The van der Waals surface area contributed by atoms with Crippen LogP contribution in [0.5, 0.6) is 80.5 Å². The number of aliphatic hydroxyl groups is 3. The predicted molar refractivity (Wildman–Crippen MR) is 433 cm³/mol. The van der Waals surface area contributed by atoms with Gasteiger partial charge in [0.25, 0.3) is 0 Å². The van der Waals surface area contributed by atoms with Crippen molar-refractivity contribution in [2.75, 3.05) is 72.6 Å². The zero-order valence-corrected chi connectivity index (χ0v) is 65.3. The quantitative estimate of drug-likeness (QED) is 0.0248. The average Bonchev–Trinajstić information content (AvgIpc) is 1.62. The van der Waals surface area contributed by atoms with E-state index in [1.165, 1.54) is 74.9 Å². The van der Waals surface area contributed by atoms with Gasteiger partial charge in [-0.1, -0.05) is 12.1 Å². The molecule has 9 rings (SSSR count). The number of hydrogen-bond acceptors (Lipinski definition) is 38. The molecule has 0 spiro atoms. The number of hydrogen-bond donors (Lipinski definition) is 29. The van der Waals surface area contributed by atoms with Crippen molar-refractivity contribution in [2.45, 2.75) is 17.5 Å². The molecule has 2 heterocycles. The van der Waals surface area contributed by atoms with Crippen LogP contribution in [0.15, 0.2) is 137 Å². The number of thioether (sulfide) groups is 1. The minimum Gasteiger partial charge on any atom is -0.508 e. The number of rotatable bonds is 18. The summed E-state index contributed by atoms with van der Waals surface area (Å²) in [6.45, 7) is 0.118. The number of aliphatic hydroxyl groups excluding tert-OH is 3. The molecule has 21 N–H and O–H groups in total. The zero-order valence-electron chi connectivity index (χ0n) is 57.3. The van der Waals surface area contributed by atoms with Crippen LogP contribution >= 0.6 is 113 Å². The van der Waals surface area contributed by atoms with Crippen molar-refractivity contribution >= 4 is 170 Å². The van der Waals surface area contributed by atoms with E-state index in [2.05, 4.69) is 110 Å². The summed E-state index contributed by atoms with van der Waals surface area (Å²) in [7, 11) is 2.67. The van der Waals surface area contributed by atoms with Gasteiger partial charge in [-0.15, -0.1) is 0 Å². The highest BCUT2D eigenvalue weighted by Crippen LogP contribution is 2.38. The number of phenolic OH excluding ortho intramolecular Hbond substituents is 8. The van der Waals surface area contributed by atoms with Gasteiger partial charge in [0, 0.05) is 40.1 Å². The molecule has 3 atom stereocenters. The predicted octanol–water partition coefficient (Wildman–Crippen LogP) is 6.49. The number of carbonyl (C=O) groups is 6. The van der Waals surface area contributed by atoms with Crippen LogP contribution in [-0.2, 0) is 0 Å². The van der Waals surface area contributed by atoms with E-state index in [-0.39, 0.29) is 101 Å². The van der Waals surface area contributed by atoms with Gasteiger partial charge in [0.05, 0.1) is 71.3 Å². The molecule has 0 saturated carbocycles. The smallest absolute Gasteiger partial charge is 0.346 e. The van der Waals surface area contributed by atoms with Gasteiger partial charge in [-0.05, 0) is 114 Å². The van der Waals surface area contributed by atoms with Crippen molar-refractivity contribution < 1.29 is 154 Å². The lowest BCUT2D eigenvalue weighted by atomic mass is 10.1. The third-order valence-corrected chi connectivity index (χ3v) is 16.8. The van der Waals surface area contributed by atoms with Gasteiger partial charge in [-0.2, -0.15) is 113 Å². The van der Waals surface area contributed by atoms with Crippen LogP contribution in [0.25, 0.3) is 21.5 Å². The lowest BCUT2D eigenvalue weighted by Gasteiger charge is -2.11. The molecule has 7 aromatic carbocycles. The van der Waals surface area contributed by atoms with Crippen LogP contribution in [0, 0.1) is 0 Å². The molecule has 0 fully saturated rings. The normalized spacial score (nSPS) is 10.6. The molecule has 3 unspecified atom stereocenters. The molecular weight excluding hydrogens is 1650 g/mol. The Morgan fingerprint density at radius 1 is 0.387 bits per heavy atom. The molecule has 0 aliphatic rings. The van der Waals surface area contributed by atoms with E-state index >= 15 is 0 Å². The van der Waals surface area contributed by atoms with E-state index in [0.717, 1.165) is 83.0 Å². The summed E-state index contributed by atoms with van der Waals surface area (Å²) in [4.78, 5) is 107. The first-order chi connectivity index (χ1) is 52.0. The Morgan fingerprint density at radius 2 is 0.775 bits per heavy atom. The Hall–Kier alpha value is -10.1. The van der Waals surface area contributed by atoms with Gasteiger partial charge in [0.15, 0.2) is 51.7 Å². The summed E-state index contributed by atoms with van der Waals surface area (Å²) < 4.78 is 18.2. The number of aromatic carboxylic acids is 6. The molecule has 0 aliphatic heterocycles. The Morgan fingerprint density at radius 3 is 1.07 bits per heavy atom. The van der Waals surface area contributed by atoms with Crippen molar-refractivity contribution in [3.05, 3.63) is 184 Å². The highest BCUT2D eigenvalue weighted by atomic mass is 32.2. The van der Waals surface area contributed by atoms with E-state index in [9.17, 15) is 53.1 Å². The molecule has 0 aliphatic carbocycles. The summed E-state index contributed by atoms with van der Waals surface area (Å²) in [5.41, 5.74) is -4.63. The Balaban J connectivity index is 0. The van der Waals surface area contributed by atoms with Crippen molar-refractivity contribution in [1.82, 2.24) is 0 Å². The van der Waals surface area contributed by atoms with E-state index in [1.807, 2.05) is 11.8 Å². The molecule has 0 bridgehead atoms. The Bertz CT molecular complexity index is 4450. The summed E-state index contributed by atoms with van der Waals surface area (Å²) in [6.07, 6.45) is -1.48. The second kappa shape index (κ2) is 54.5. The molecule has 0 amide bonds. The van der Waals surface area contributed by atoms with Crippen LogP contribution in [0.3, 0.4) is 0 Å². The van der Waals surface area contributed by atoms with Crippen LogP contribution in [0.4, 0.5) is 0 Å². The van der Waals surface area contributed by atoms with E-state index in [0.29, 0.717) is 5.75 Å². The molecule has 111 heavy (non-hydrogen) atoms. The zero-order chi connectivity index (χ0) is 85.7. The number of para-hydroxylation sites is 1. The maximum atomic E-state index is 11.2. The number of ether oxygens (including phenoxy) is 2. The molecule has 9 aromatic rings. The number of thiol groups is 8. The molecular formula is C67H76O35S9. The first-order valence-corrected chi connectivity index (χ1v) is 36.0. The minimum absolute atomic E-state index is 0.00324. The fourth-order valence-electron chi connectivity index (χ4n) is 6.75. The van der Waals surface area contributed by atoms with Crippen LogP contribution in [0.2, 0.25) is 0 Å². The highest BCUT2D eigenvalue weighted by molar-refractivity contribution is 8.00. The van der Waals surface area contributed by atoms with Gasteiger partial charge in [0.1, 0.15) is 39.7 Å². The number of carboxylic acids is 6. The number of methoxy groups -OCH3 is 2. The second-order valence-corrected chi connectivity index (χ2v) is 24.8. The summed E-state index contributed by atoms with van der Waals surface area (Å²) in [5, 5.41) is 183.